The first-order valence-corrected chi connectivity index (χ1v) is 21.4. The monoisotopic (exact) mass is 785 g/mol. The molecule has 0 aliphatic heterocycles. The lowest BCUT2D eigenvalue weighted by Gasteiger charge is -2.30. The molecule has 1 heterocycles. The van der Waals surface area contributed by atoms with Crippen LogP contribution in [-0.2, 0) is 10.8 Å². The van der Waals surface area contributed by atoms with E-state index >= 15 is 0 Å². The van der Waals surface area contributed by atoms with Crippen molar-refractivity contribution in [1.82, 2.24) is 15.0 Å². The first-order valence-electron chi connectivity index (χ1n) is 21.4. The molecule has 0 unspecified atom stereocenters. The van der Waals surface area contributed by atoms with Gasteiger partial charge in [0.05, 0.1) is 10.8 Å². The van der Waals surface area contributed by atoms with Crippen LogP contribution >= 0.6 is 0 Å². The average molecular weight is 786 g/mol. The smallest absolute Gasteiger partial charge is 0.164 e. The molecule has 0 saturated heterocycles. The Morgan fingerprint density at radius 1 is 0.210 bits per heavy atom. The molecule has 0 saturated carbocycles. The first-order chi connectivity index (χ1) is 30.7. The fraction of sp³-hybridized carbons (Fsp3) is 0.0339. The number of hydrogen-bond acceptors (Lipinski definition) is 3. The maximum atomic E-state index is 5.43. The van der Waals surface area contributed by atoms with Crippen LogP contribution in [0.25, 0.3) is 78.7 Å². The third-order valence-electron chi connectivity index (χ3n) is 14.2. The van der Waals surface area contributed by atoms with E-state index in [0.29, 0.717) is 17.5 Å². The maximum absolute atomic E-state index is 5.43. The van der Waals surface area contributed by atoms with Crippen molar-refractivity contribution in [3.8, 4) is 78.7 Å². The molecule has 0 bridgehead atoms. The lowest BCUT2D eigenvalue weighted by Crippen LogP contribution is -2.26. The Morgan fingerprint density at radius 3 is 0.790 bits per heavy atom. The molecule has 0 N–H and O–H groups in total. The van der Waals surface area contributed by atoms with Gasteiger partial charge in [0.25, 0.3) is 0 Å². The Labute approximate surface area is 359 Å². The maximum Gasteiger partial charge on any atom is 0.164 e. The molecule has 3 heteroatoms. The van der Waals surface area contributed by atoms with Crippen LogP contribution in [0.5, 0.6) is 0 Å². The normalized spacial score (nSPS) is 14.4. The molecule has 10 aromatic rings. The van der Waals surface area contributed by atoms with E-state index in [1.165, 1.54) is 89.0 Å². The average Bonchev–Trinajstić information content (AvgIpc) is 4.03. The SMILES string of the molecule is c1ccc(-c2nc(-c3ccc4c(c3)C3(c5ccccc5-c5ccccc53)c3ccccc3-4)nc(-c3ccc4c(c3)C3(c5ccccc5-c5ccccc53)c3ccccc3-4)n2)cc1. The zero-order valence-electron chi connectivity index (χ0n) is 33.5. The standard InChI is InChI=1S/C59H35N3/c1-2-16-36(17-3-1)55-60-56(37-30-32-45-43-22-8-14-28-51(43)58(53(45)34-37)47-24-10-4-18-39(47)40-19-5-11-25-48(40)58)62-57(61-55)38-31-33-46-44-23-9-15-29-52(44)59(54(46)35-38)49-26-12-6-20-41(49)42-21-7-13-27-50(42)59/h1-35H. The fourth-order valence-electron chi connectivity index (χ4n) is 11.8. The summed E-state index contributed by atoms with van der Waals surface area (Å²) in [5, 5.41) is 0. The topological polar surface area (TPSA) is 38.7 Å². The van der Waals surface area contributed by atoms with E-state index in [9.17, 15) is 0 Å². The summed E-state index contributed by atoms with van der Waals surface area (Å²) in [6, 6.07) is 77.7. The van der Waals surface area contributed by atoms with Crippen molar-refractivity contribution in [2.24, 2.45) is 0 Å². The van der Waals surface area contributed by atoms with Crippen LogP contribution in [0.15, 0.2) is 212 Å². The molecule has 4 aliphatic carbocycles. The molecule has 2 spiro atoms. The van der Waals surface area contributed by atoms with Crippen LogP contribution in [0.4, 0.5) is 0 Å². The first kappa shape index (κ1) is 33.8. The Morgan fingerprint density at radius 2 is 0.468 bits per heavy atom. The number of benzene rings is 9. The zero-order valence-corrected chi connectivity index (χ0v) is 33.5. The molecule has 286 valence electrons. The number of rotatable bonds is 3. The van der Waals surface area contributed by atoms with E-state index in [-0.39, 0.29) is 0 Å². The van der Waals surface area contributed by atoms with Crippen LogP contribution < -0.4 is 0 Å². The van der Waals surface area contributed by atoms with Gasteiger partial charge in [0, 0.05) is 16.7 Å². The third-order valence-corrected chi connectivity index (χ3v) is 14.2. The molecule has 9 aromatic carbocycles. The Kier molecular flexibility index (Phi) is 6.69. The second-order valence-electron chi connectivity index (χ2n) is 17.0. The largest absolute Gasteiger partial charge is 0.208 e. The van der Waals surface area contributed by atoms with Gasteiger partial charge >= 0.3 is 0 Å². The minimum atomic E-state index is -0.468. The fourth-order valence-corrected chi connectivity index (χ4v) is 11.8. The number of nitrogens with zero attached hydrogens (tertiary/aromatic N) is 3. The highest BCUT2D eigenvalue weighted by Crippen LogP contribution is 2.64. The van der Waals surface area contributed by atoms with Gasteiger partial charge in [-0.15, -0.1) is 0 Å². The van der Waals surface area contributed by atoms with Crippen molar-refractivity contribution >= 4 is 0 Å². The molecule has 14 rings (SSSR count). The Hall–Kier alpha value is -8.01. The summed E-state index contributed by atoms with van der Waals surface area (Å²) in [6.45, 7) is 0. The van der Waals surface area contributed by atoms with E-state index in [4.69, 9.17) is 15.0 Å². The van der Waals surface area contributed by atoms with Crippen LogP contribution in [0, 0.1) is 0 Å². The van der Waals surface area contributed by atoms with Crippen molar-refractivity contribution in [1.29, 1.82) is 0 Å². The van der Waals surface area contributed by atoms with E-state index in [1.54, 1.807) is 0 Å². The van der Waals surface area contributed by atoms with E-state index in [0.717, 1.165) is 16.7 Å². The Bertz CT molecular complexity index is 3210. The molecule has 0 radical (unpaired) electrons. The van der Waals surface area contributed by atoms with Gasteiger partial charge < -0.3 is 0 Å². The summed E-state index contributed by atoms with van der Waals surface area (Å²) < 4.78 is 0. The highest BCUT2D eigenvalue weighted by Gasteiger charge is 2.53. The Balaban J connectivity index is 1.00. The minimum Gasteiger partial charge on any atom is -0.208 e. The summed E-state index contributed by atoms with van der Waals surface area (Å²) in [4.78, 5) is 16.0. The number of aromatic nitrogens is 3. The van der Waals surface area contributed by atoms with Crippen molar-refractivity contribution < 1.29 is 0 Å². The number of hydrogen-bond donors (Lipinski definition) is 0. The van der Waals surface area contributed by atoms with Crippen LogP contribution in [0.2, 0.25) is 0 Å². The third kappa shape index (κ3) is 4.17. The molecule has 3 nitrogen and oxygen atoms in total. The molecule has 62 heavy (non-hydrogen) atoms. The van der Waals surface area contributed by atoms with E-state index in [1.807, 2.05) is 6.07 Å². The molecule has 1 aromatic heterocycles. The molecule has 0 amide bonds. The molecular formula is C59H35N3. The molecular weight excluding hydrogens is 751 g/mol. The second-order valence-corrected chi connectivity index (χ2v) is 17.0. The van der Waals surface area contributed by atoms with Crippen molar-refractivity contribution in [3.05, 3.63) is 257 Å². The van der Waals surface area contributed by atoms with E-state index in [2.05, 4.69) is 206 Å². The summed E-state index contributed by atoms with van der Waals surface area (Å²) in [5.74, 6) is 1.95. The van der Waals surface area contributed by atoms with Gasteiger partial charge in [-0.05, 0) is 101 Å². The van der Waals surface area contributed by atoms with Crippen molar-refractivity contribution in [2.45, 2.75) is 10.8 Å². The van der Waals surface area contributed by atoms with Gasteiger partial charge in [0.1, 0.15) is 0 Å². The molecule has 0 fully saturated rings. The van der Waals surface area contributed by atoms with Gasteiger partial charge in [0.2, 0.25) is 0 Å². The van der Waals surface area contributed by atoms with Crippen molar-refractivity contribution in [2.75, 3.05) is 0 Å². The lowest BCUT2D eigenvalue weighted by atomic mass is 9.70. The summed E-state index contributed by atoms with van der Waals surface area (Å²) >= 11 is 0. The minimum absolute atomic E-state index is 0.468. The summed E-state index contributed by atoms with van der Waals surface area (Å²) in [5.41, 5.74) is 22.5. The van der Waals surface area contributed by atoms with Crippen molar-refractivity contribution in [3.63, 3.8) is 0 Å². The van der Waals surface area contributed by atoms with Gasteiger partial charge in [-0.2, -0.15) is 0 Å². The summed E-state index contributed by atoms with van der Waals surface area (Å²) in [6.07, 6.45) is 0. The van der Waals surface area contributed by atoms with Gasteiger partial charge in [-0.25, -0.2) is 15.0 Å². The predicted octanol–water partition coefficient (Wildman–Crippen LogP) is 13.6. The predicted molar refractivity (Wildman–Crippen MR) is 249 cm³/mol. The van der Waals surface area contributed by atoms with Crippen LogP contribution in [0.3, 0.4) is 0 Å². The molecule has 0 atom stereocenters. The van der Waals surface area contributed by atoms with Gasteiger partial charge in [-0.3, -0.25) is 0 Å². The molecule has 4 aliphatic rings. The van der Waals surface area contributed by atoms with Gasteiger partial charge in [-0.1, -0.05) is 200 Å². The second kappa shape index (κ2) is 12.3. The highest BCUT2D eigenvalue weighted by molar-refractivity contribution is 5.97. The zero-order chi connectivity index (χ0) is 40.6. The van der Waals surface area contributed by atoms with Crippen LogP contribution in [-0.4, -0.2) is 15.0 Å². The van der Waals surface area contributed by atoms with Gasteiger partial charge in [0.15, 0.2) is 17.5 Å². The lowest BCUT2D eigenvalue weighted by molar-refractivity contribution is 0.793. The van der Waals surface area contributed by atoms with E-state index < -0.39 is 10.8 Å². The highest BCUT2D eigenvalue weighted by atomic mass is 15.0. The summed E-state index contributed by atoms with van der Waals surface area (Å²) in [7, 11) is 0. The number of fused-ring (bicyclic) bond motifs is 20. The van der Waals surface area contributed by atoms with Crippen LogP contribution in [0.1, 0.15) is 44.5 Å². The quantitative estimate of drug-likeness (QED) is 0.179.